The van der Waals surface area contributed by atoms with Gasteiger partial charge in [-0.2, -0.15) is 0 Å². The van der Waals surface area contributed by atoms with Crippen molar-refractivity contribution < 1.29 is 4.43 Å². The van der Waals surface area contributed by atoms with Gasteiger partial charge in [0.25, 0.3) is 0 Å². The molecule has 4 heteroatoms. The number of aromatic nitrogens is 1. The van der Waals surface area contributed by atoms with E-state index >= 15 is 0 Å². The Bertz CT molecular complexity index is 603. The summed E-state index contributed by atoms with van der Waals surface area (Å²) in [7, 11) is -1.63. The summed E-state index contributed by atoms with van der Waals surface area (Å²) in [6.07, 6.45) is 3.69. The Kier molecular flexibility index (Phi) is 5.63. The summed E-state index contributed by atoms with van der Waals surface area (Å²) < 4.78 is 6.29. The Labute approximate surface area is 134 Å². The smallest absolute Gasteiger partial charge is 0.184 e. The van der Waals surface area contributed by atoms with Gasteiger partial charge in [0, 0.05) is 12.4 Å². The van der Waals surface area contributed by atoms with Gasteiger partial charge in [-0.15, -0.1) is 0 Å². The first-order valence-corrected chi connectivity index (χ1v) is 11.0. The average molecular weight is 312 g/mol. The second-order valence-electron chi connectivity index (χ2n) is 6.38. The average Bonchev–Trinajstić information content (AvgIpc) is 2.48. The minimum atomic E-state index is -1.63. The van der Waals surface area contributed by atoms with Crippen molar-refractivity contribution in [1.29, 1.82) is 0 Å². The molecule has 0 N–H and O–H groups in total. The van der Waals surface area contributed by atoms with Gasteiger partial charge in [0.15, 0.2) is 8.32 Å². The van der Waals surface area contributed by atoms with Crippen LogP contribution in [0.15, 0.2) is 53.7 Å². The van der Waals surface area contributed by atoms with E-state index in [2.05, 4.69) is 41.8 Å². The lowest BCUT2D eigenvalue weighted by molar-refractivity contribution is 0.207. The van der Waals surface area contributed by atoms with Crippen molar-refractivity contribution >= 4 is 14.5 Å². The van der Waals surface area contributed by atoms with Crippen molar-refractivity contribution in [1.82, 2.24) is 4.98 Å². The standard InChI is InChI=1S/C18H24N2OSi/c1-15-10-11-17(20-12-15)13-19-14-18(21-22(2,3)4)16-8-6-5-7-9-16/h5-13,18H,14H2,1-4H3. The molecule has 2 aromatic rings. The number of aryl methyl sites for hydroxylation is 1. The predicted molar refractivity (Wildman–Crippen MR) is 95.0 cm³/mol. The molecule has 1 atom stereocenters. The third-order valence-electron chi connectivity index (χ3n) is 3.10. The van der Waals surface area contributed by atoms with Crippen molar-refractivity contribution in [3.8, 4) is 0 Å². The second-order valence-corrected chi connectivity index (χ2v) is 10.8. The van der Waals surface area contributed by atoms with Gasteiger partial charge in [-0.3, -0.25) is 9.98 Å². The first-order chi connectivity index (χ1) is 10.4. The van der Waals surface area contributed by atoms with Gasteiger partial charge >= 0.3 is 0 Å². The van der Waals surface area contributed by atoms with Crippen LogP contribution >= 0.6 is 0 Å². The third kappa shape index (κ3) is 5.54. The van der Waals surface area contributed by atoms with Gasteiger partial charge in [0.05, 0.1) is 18.3 Å². The van der Waals surface area contributed by atoms with Gasteiger partial charge in [-0.25, -0.2) is 0 Å². The summed E-state index contributed by atoms with van der Waals surface area (Å²) in [6.45, 7) is 9.25. The Balaban J connectivity index is 2.08. The van der Waals surface area contributed by atoms with Crippen LogP contribution in [0.1, 0.15) is 22.9 Å². The van der Waals surface area contributed by atoms with Crippen LogP contribution in [0.2, 0.25) is 19.6 Å². The molecule has 3 nitrogen and oxygen atoms in total. The fourth-order valence-electron chi connectivity index (χ4n) is 2.10. The maximum Gasteiger partial charge on any atom is 0.184 e. The van der Waals surface area contributed by atoms with Crippen LogP contribution in [-0.4, -0.2) is 26.1 Å². The highest BCUT2D eigenvalue weighted by atomic mass is 28.4. The topological polar surface area (TPSA) is 34.5 Å². The molecule has 0 spiro atoms. The Morgan fingerprint density at radius 3 is 2.45 bits per heavy atom. The fraction of sp³-hybridized carbons (Fsp3) is 0.333. The molecule has 116 valence electrons. The fourth-order valence-corrected chi connectivity index (χ4v) is 3.17. The lowest BCUT2D eigenvalue weighted by atomic mass is 10.1. The SMILES string of the molecule is Cc1ccc(C=NCC(O[Si](C)(C)C)c2ccccc2)nc1. The van der Waals surface area contributed by atoms with Crippen LogP contribution < -0.4 is 0 Å². The largest absolute Gasteiger partial charge is 0.409 e. The zero-order chi connectivity index (χ0) is 16.0. The molecule has 1 aromatic carbocycles. The summed E-state index contributed by atoms with van der Waals surface area (Å²) in [5.74, 6) is 0. The van der Waals surface area contributed by atoms with E-state index in [9.17, 15) is 0 Å². The van der Waals surface area contributed by atoms with E-state index < -0.39 is 8.32 Å². The van der Waals surface area contributed by atoms with E-state index in [-0.39, 0.29) is 6.10 Å². The van der Waals surface area contributed by atoms with E-state index in [1.54, 1.807) is 0 Å². The van der Waals surface area contributed by atoms with Crippen molar-refractivity contribution in [2.75, 3.05) is 6.54 Å². The minimum Gasteiger partial charge on any atom is -0.409 e. The molecule has 1 aromatic heterocycles. The molecule has 1 heterocycles. The molecule has 0 aliphatic heterocycles. The number of hydrogen-bond acceptors (Lipinski definition) is 3. The van der Waals surface area contributed by atoms with Gasteiger partial charge in [-0.1, -0.05) is 36.4 Å². The summed E-state index contributed by atoms with van der Waals surface area (Å²) in [5, 5.41) is 0. The van der Waals surface area contributed by atoms with E-state index in [0.29, 0.717) is 6.54 Å². The van der Waals surface area contributed by atoms with Gasteiger partial charge in [-0.05, 0) is 43.8 Å². The normalized spacial score (nSPS) is 13.5. The first kappa shape index (κ1) is 16.6. The molecule has 1 unspecified atom stereocenters. The number of nitrogens with zero attached hydrogens (tertiary/aromatic N) is 2. The maximum absolute atomic E-state index is 6.29. The molecule has 22 heavy (non-hydrogen) atoms. The number of benzene rings is 1. The van der Waals surface area contributed by atoms with Crippen LogP contribution in [0.3, 0.4) is 0 Å². The molecule has 0 radical (unpaired) electrons. The number of rotatable bonds is 6. The molecular formula is C18H24N2OSi. The van der Waals surface area contributed by atoms with Gasteiger partial charge in [0.1, 0.15) is 0 Å². The maximum atomic E-state index is 6.29. The molecule has 0 aliphatic rings. The van der Waals surface area contributed by atoms with E-state index in [4.69, 9.17) is 4.43 Å². The quantitative estimate of drug-likeness (QED) is 0.585. The van der Waals surface area contributed by atoms with Crippen LogP contribution in [-0.2, 0) is 4.43 Å². The highest BCUT2D eigenvalue weighted by Crippen LogP contribution is 2.22. The molecule has 0 amide bonds. The van der Waals surface area contributed by atoms with Crippen LogP contribution in [0.4, 0.5) is 0 Å². The molecule has 0 fully saturated rings. The molecule has 0 saturated carbocycles. The third-order valence-corrected chi connectivity index (χ3v) is 4.09. The van der Waals surface area contributed by atoms with Crippen LogP contribution in [0, 0.1) is 6.92 Å². The molecule has 0 aliphatic carbocycles. The van der Waals surface area contributed by atoms with Crippen molar-refractivity contribution in [2.45, 2.75) is 32.7 Å². The van der Waals surface area contributed by atoms with E-state index in [1.807, 2.05) is 49.7 Å². The van der Waals surface area contributed by atoms with Crippen molar-refractivity contribution in [2.24, 2.45) is 4.99 Å². The second kappa shape index (κ2) is 7.47. The lowest BCUT2D eigenvalue weighted by Crippen LogP contribution is -2.29. The Hall–Kier alpha value is -1.78. The highest BCUT2D eigenvalue weighted by Gasteiger charge is 2.21. The monoisotopic (exact) mass is 312 g/mol. The highest BCUT2D eigenvalue weighted by molar-refractivity contribution is 6.69. The van der Waals surface area contributed by atoms with E-state index in [1.165, 1.54) is 5.56 Å². The zero-order valence-corrected chi connectivity index (χ0v) is 14.8. The number of aliphatic imine (C=N–C) groups is 1. The van der Waals surface area contributed by atoms with Crippen molar-refractivity contribution in [3.05, 3.63) is 65.5 Å². The molecule has 2 rings (SSSR count). The van der Waals surface area contributed by atoms with Crippen molar-refractivity contribution in [3.63, 3.8) is 0 Å². The summed E-state index contributed by atoms with van der Waals surface area (Å²) in [6, 6.07) is 14.3. The Morgan fingerprint density at radius 1 is 1.14 bits per heavy atom. The predicted octanol–water partition coefficient (Wildman–Crippen LogP) is 4.40. The summed E-state index contributed by atoms with van der Waals surface area (Å²) in [4.78, 5) is 8.88. The first-order valence-electron chi connectivity index (χ1n) is 7.59. The zero-order valence-electron chi connectivity index (χ0n) is 13.8. The summed E-state index contributed by atoms with van der Waals surface area (Å²) in [5.41, 5.74) is 3.21. The van der Waals surface area contributed by atoms with E-state index in [0.717, 1.165) is 11.3 Å². The molecule has 0 bridgehead atoms. The van der Waals surface area contributed by atoms with Gasteiger partial charge < -0.3 is 4.43 Å². The minimum absolute atomic E-state index is 0.00886. The van der Waals surface area contributed by atoms with Crippen LogP contribution in [0.25, 0.3) is 0 Å². The summed E-state index contributed by atoms with van der Waals surface area (Å²) >= 11 is 0. The lowest BCUT2D eigenvalue weighted by Gasteiger charge is -2.25. The molecule has 0 saturated heterocycles. The molecular weight excluding hydrogens is 288 g/mol. The number of pyridine rings is 1. The van der Waals surface area contributed by atoms with Gasteiger partial charge in [0.2, 0.25) is 0 Å². The van der Waals surface area contributed by atoms with Crippen LogP contribution in [0.5, 0.6) is 0 Å². The Morgan fingerprint density at radius 2 is 1.86 bits per heavy atom. The number of hydrogen-bond donors (Lipinski definition) is 0.